The number of carbonyl (C=O) groups excluding carboxylic acids is 1. The van der Waals surface area contributed by atoms with Crippen LogP contribution in [-0.2, 0) is 0 Å². The average molecular weight is 240 g/mol. The summed E-state index contributed by atoms with van der Waals surface area (Å²) < 4.78 is 13.2. The number of nitrogens with one attached hydrogen (secondary N) is 1. The smallest absolute Gasteiger partial charge is 0.251 e. The molecular formula is C12H17FN2O2. The van der Waals surface area contributed by atoms with Crippen molar-refractivity contribution in [2.75, 3.05) is 12.3 Å². The maximum absolute atomic E-state index is 13.2. The number of hydrogen-bond donors (Lipinski definition) is 3. The van der Waals surface area contributed by atoms with Crippen LogP contribution in [0.4, 0.5) is 10.1 Å². The Bertz CT molecular complexity index is 407. The molecule has 0 bridgehead atoms. The van der Waals surface area contributed by atoms with E-state index in [1.54, 1.807) is 0 Å². The predicted octanol–water partition coefficient (Wildman–Crippen LogP) is 1.15. The van der Waals surface area contributed by atoms with Crippen molar-refractivity contribution in [1.82, 2.24) is 5.32 Å². The van der Waals surface area contributed by atoms with Crippen LogP contribution >= 0.6 is 0 Å². The van der Waals surface area contributed by atoms with Crippen molar-refractivity contribution in [3.63, 3.8) is 0 Å². The number of aliphatic hydroxyl groups excluding tert-OH is 1. The molecule has 0 saturated heterocycles. The maximum atomic E-state index is 13.2. The first kappa shape index (κ1) is 13.4. The van der Waals surface area contributed by atoms with Crippen LogP contribution in [0.25, 0.3) is 0 Å². The quantitative estimate of drug-likeness (QED) is 0.691. The van der Waals surface area contributed by atoms with Crippen LogP contribution in [0.1, 0.15) is 24.2 Å². The van der Waals surface area contributed by atoms with Crippen LogP contribution in [-0.4, -0.2) is 23.7 Å². The minimum Gasteiger partial charge on any atom is -0.396 e. The van der Waals surface area contributed by atoms with Gasteiger partial charge in [0, 0.05) is 5.56 Å². The molecule has 0 radical (unpaired) electrons. The molecular weight excluding hydrogens is 223 g/mol. The first-order chi connectivity index (χ1) is 7.95. The highest BCUT2D eigenvalue weighted by Gasteiger charge is 2.16. The number of carbonyl (C=O) groups is 1. The van der Waals surface area contributed by atoms with Gasteiger partial charge in [-0.1, -0.05) is 13.8 Å². The molecule has 1 aromatic carbocycles. The van der Waals surface area contributed by atoms with Crippen LogP contribution in [0, 0.1) is 11.7 Å². The van der Waals surface area contributed by atoms with Crippen molar-refractivity contribution < 1.29 is 14.3 Å². The number of nitrogen functional groups attached to an aromatic ring is 1. The summed E-state index contributed by atoms with van der Waals surface area (Å²) in [5.74, 6) is -0.943. The minimum atomic E-state index is -0.622. The van der Waals surface area contributed by atoms with E-state index in [-0.39, 0.29) is 29.8 Å². The molecule has 1 aromatic rings. The molecule has 5 heteroatoms. The van der Waals surface area contributed by atoms with E-state index in [9.17, 15) is 9.18 Å². The third-order valence-corrected chi connectivity index (χ3v) is 2.58. The third kappa shape index (κ3) is 3.42. The standard InChI is InChI=1S/C12H17FN2O2/c1-7(2)11(6-16)15-12(17)8-3-4-10(14)9(13)5-8/h3-5,7,11,16H,6,14H2,1-2H3,(H,15,17)/t11-/m1/s1. The number of halogens is 1. The van der Waals surface area contributed by atoms with Gasteiger partial charge in [-0.2, -0.15) is 0 Å². The fourth-order valence-corrected chi connectivity index (χ4v) is 1.34. The van der Waals surface area contributed by atoms with Crippen molar-refractivity contribution in [2.24, 2.45) is 5.92 Å². The van der Waals surface area contributed by atoms with Gasteiger partial charge in [0.05, 0.1) is 18.3 Å². The summed E-state index contributed by atoms with van der Waals surface area (Å²) in [6.45, 7) is 3.61. The summed E-state index contributed by atoms with van der Waals surface area (Å²) in [5, 5.41) is 11.7. The second kappa shape index (κ2) is 5.63. The van der Waals surface area contributed by atoms with E-state index in [1.165, 1.54) is 12.1 Å². The second-order valence-electron chi connectivity index (χ2n) is 4.24. The third-order valence-electron chi connectivity index (χ3n) is 2.58. The summed E-state index contributed by atoms with van der Waals surface area (Å²) in [6.07, 6.45) is 0. The summed E-state index contributed by atoms with van der Waals surface area (Å²) >= 11 is 0. The lowest BCUT2D eigenvalue weighted by atomic mass is 10.0. The monoisotopic (exact) mass is 240 g/mol. The molecule has 0 aromatic heterocycles. The lowest BCUT2D eigenvalue weighted by Crippen LogP contribution is -2.41. The van der Waals surface area contributed by atoms with Gasteiger partial charge in [0.1, 0.15) is 5.82 Å². The van der Waals surface area contributed by atoms with Crippen LogP contribution in [0.5, 0.6) is 0 Å². The fraction of sp³-hybridized carbons (Fsp3) is 0.417. The van der Waals surface area contributed by atoms with Crippen molar-refractivity contribution in [1.29, 1.82) is 0 Å². The second-order valence-corrected chi connectivity index (χ2v) is 4.24. The predicted molar refractivity (Wildman–Crippen MR) is 64.0 cm³/mol. The summed E-state index contributed by atoms with van der Waals surface area (Å²) in [4.78, 5) is 11.8. The molecule has 1 atom stereocenters. The zero-order valence-electron chi connectivity index (χ0n) is 9.90. The Morgan fingerprint density at radius 2 is 2.18 bits per heavy atom. The first-order valence-electron chi connectivity index (χ1n) is 5.42. The molecule has 4 N–H and O–H groups in total. The Balaban J connectivity index is 2.79. The van der Waals surface area contributed by atoms with Gasteiger partial charge in [-0.05, 0) is 24.1 Å². The molecule has 94 valence electrons. The number of rotatable bonds is 4. The normalized spacial score (nSPS) is 12.5. The van der Waals surface area contributed by atoms with Gasteiger partial charge < -0.3 is 16.2 Å². The summed E-state index contributed by atoms with van der Waals surface area (Å²) in [6, 6.07) is 3.53. The molecule has 0 aliphatic rings. The molecule has 17 heavy (non-hydrogen) atoms. The van der Waals surface area contributed by atoms with Gasteiger partial charge in [-0.3, -0.25) is 4.79 Å². The topological polar surface area (TPSA) is 75.3 Å². The average Bonchev–Trinajstić information content (AvgIpc) is 2.28. The number of nitrogens with two attached hydrogens (primary N) is 1. The highest BCUT2D eigenvalue weighted by atomic mass is 19.1. The molecule has 0 saturated carbocycles. The molecule has 0 fully saturated rings. The van der Waals surface area contributed by atoms with E-state index >= 15 is 0 Å². The molecule has 4 nitrogen and oxygen atoms in total. The van der Waals surface area contributed by atoms with Gasteiger partial charge in [0.2, 0.25) is 0 Å². The van der Waals surface area contributed by atoms with E-state index in [4.69, 9.17) is 10.8 Å². The number of benzene rings is 1. The molecule has 0 unspecified atom stereocenters. The van der Waals surface area contributed by atoms with Crippen LogP contribution < -0.4 is 11.1 Å². The molecule has 0 heterocycles. The maximum Gasteiger partial charge on any atom is 0.251 e. The van der Waals surface area contributed by atoms with Gasteiger partial charge in [0.15, 0.2) is 0 Å². The minimum absolute atomic E-state index is 0.00381. The Hall–Kier alpha value is -1.62. The van der Waals surface area contributed by atoms with Gasteiger partial charge in [-0.15, -0.1) is 0 Å². The Kier molecular flexibility index (Phi) is 4.45. The van der Waals surface area contributed by atoms with E-state index in [1.807, 2.05) is 13.8 Å². The molecule has 0 aliphatic carbocycles. The van der Waals surface area contributed by atoms with Crippen LogP contribution in [0.2, 0.25) is 0 Å². The van der Waals surface area contributed by atoms with E-state index in [2.05, 4.69) is 5.32 Å². The van der Waals surface area contributed by atoms with E-state index < -0.39 is 11.7 Å². The van der Waals surface area contributed by atoms with Crippen molar-refractivity contribution in [2.45, 2.75) is 19.9 Å². The molecule has 1 amide bonds. The van der Waals surface area contributed by atoms with E-state index in [0.717, 1.165) is 6.07 Å². The van der Waals surface area contributed by atoms with Gasteiger partial charge in [0.25, 0.3) is 5.91 Å². The molecule has 0 spiro atoms. The molecule has 0 aliphatic heterocycles. The Morgan fingerprint density at radius 1 is 1.53 bits per heavy atom. The van der Waals surface area contributed by atoms with Crippen LogP contribution in [0.15, 0.2) is 18.2 Å². The number of hydrogen-bond acceptors (Lipinski definition) is 3. The number of aliphatic hydroxyl groups is 1. The zero-order chi connectivity index (χ0) is 13.0. The summed E-state index contributed by atoms with van der Waals surface area (Å²) in [5.41, 5.74) is 5.51. The van der Waals surface area contributed by atoms with Gasteiger partial charge >= 0.3 is 0 Å². The lowest BCUT2D eigenvalue weighted by Gasteiger charge is -2.19. The number of amides is 1. The van der Waals surface area contributed by atoms with Crippen molar-refractivity contribution in [3.8, 4) is 0 Å². The Morgan fingerprint density at radius 3 is 2.65 bits per heavy atom. The zero-order valence-corrected chi connectivity index (χ0v) is 9.90. The lowest BCUT2D eigenvalue weighted by molar-refractivity contribution is 0.0896. The van der Waals surface area contributed by atoms with Crippen LogP contribution in [0.3, 0.4) is 0 Å². The fourth-order valence-electron chi connectivity index (χ4n) is 1.34. The highest BCUT2D eigenvalue weighted by molar-refractivity contribution is 5.94. The van der Waals surface area contributed by atoms with Crippen molar-refractivity contribution >= 4 is 11.6 Å². The number of anilines is 1. The van der Waals surface area contributed by atoms with Gasteiger partial charge in [-0.25, -0.2) is 4.39 Å². The SMILES string of the molecule is CC(C)[C@@H](CO)NC(=O)c1ccc(N)c(F)c1. The Labute approximate surface area is 99.6 Å². The van der Waals surface area contributed by atoms with E-state index in [0.29, 0.717) is 0 Å². The molecule has 1 rings (SSSR count). The largest absolute Gasteiger partial charge is 0.396 e. The highest BCUT2D eigenvalue weighted by Crippen LogP contribution is 2.12. The van der Waals surface area contributed by atoms with Crippen molar-refractivity contribution in [3.05, 3.63) is 29.6 Å². The first-order valence-corrected chi connectivity index (χ1v) is 5.42. The summed E-state index contributed by atoms with van der Waals surface area (Å²) in [7, 11) is 0.